The third-order valence-electron chi connectivity index (χ3n) is 2.28. The van der Waals surface area contributed by atoms with Crippen molar-refractivity contribution in [1.29, 1.82) is 0 Å². The van der Waals surface area contributed by atoms with E-state index < -0.39 is 0 Å². The molecule has 0 saturated heterocycles. The van der Waals surface area contributed by atoms with E-state index in [1.807, 2.05) is 6.07 Å². The summed E-state index contributed by atoms with van der Waals surface area (Å²) in [6, 6.07) is 3.78. The molecule has 2 rings (SSSR count). The van der Waals surface area contributed by atoms with Crippen molar-refractivity contribution in [2.75, 3.05) is 0 Å². The lowest BCUT2D eigenvalue weighted by molar-refractivity contribution is 0.479. The summed E-state index contributed by atoms with van der Waals surface area (Å²) < 4.78 is 0. The SMILES string of the molecule is CC(C)c1cc(O)c2ncncc2c1. The van der Waals surface area contributed by atoms with Crippen molar-refractivity contribution in [3.63, 3.8) is 0 Å². The van der Waals surface area contributed by atoms with Crippen LogP contribution in [0.5, 0.6) is 5.75 Å². The van der Waals surface area contributed by atoms with Gasteiger partial charge in [-0.3, -0.25) is 0 Å². The number of benzene rings is 1. The van der Waals surface area contributed by atoms with Gasteiger partial charge in [-0.1, -0.05) is 13.8 Å². The quantitative estimate of drug-likeness (QED) is 0.747. The van der Waals surface area contributed by atoms with Crippen LogP contribution in [0.3, 0.4) is 0 Å². The molecule has 1 N–H and O–H groups in total. The highest BCUT2D eigenvalue weighted by Crippen LogP contribution is 2.27. The molecule has 0 saturated carbocycles. The number of aromatic nitrogens is 2. The van der Waals surface area contributed by atoms with E-state index in [9.17, 15) is 5.11 Å². The minimum atomic E-state index is 0.230. The van der Waals surface area contributed by atoms with Crippen molar-refractivity contribution in [2.45, 2.75) is 19.8 Å². The molecule has 0 atom stereocenters. The molecule has 0 aliphatic rings. The molecule has 0 bridgehead atoms. The van der Waals surface area contributed by atoms with Gasteiger partial charge in [0, 0.05) is 11.6 Å². The van der Waals surface area contributed by atoms with Gasteiger partial charge in [0.2, 0.25) is 0 Å². The fraction of sp³-hybridized carbons (Fsp3) is 0.273. The van der Waals surface area contributed by atoms with Crippen LogP contribution < -0.4 is 0 Å². The zero-order chi connectivity index (χ0) is 10.1. The summed E-state index contributed by atoms with van der Waals surface area (Å²) in [5, 5.41) is 10.6. The Morgan fingerprint density at radius 3 is 2.79 bits per heavy atom. The Morgan fingerprint density at radius 2 is 2.07 bits per heavy atom. The standard InChI is InChI=1S/C11H12N2O/c1-7(2)8-3-9-5-12-6-13-11(9)10(14)4-8/h3-7,14H,1-2H3. The second-order valence-corrected chi connectivity index (χ2v) is 3.66. The zero-order valence-corrected chi connectivity index (χ0v) is 8.23. The molecule has 1 heterocycles. The third kappa shape index (κ3) is 1.41. The van der Waals surface area contributed by atoms with Crippen LogP contribution >= 0.6 is 0 Å². The van der Waals surface area contributed by atoms with E-state index in [4.69, 9.17) is 0 Å². The van der Waals surface area contributed by atoms with Gasteiger partial charge >= 0.3 is 0 Å². The first-order chi connectivity index (χ1) is 6.68. The van der Waals surface area contributed by atoms with Crippen LogP contribution in [-0.4, -0.2) is 15.1 Å². The maximum Gasteiger partial charge on any atom is 0.142 e. The highest BCUT2D eigenvalue weighted by Gasteiger charge is 2.06. The van der Waals surface area contributed by atoms with Gasteiger partial charge in [0.15, 0.2) is 0 Å². The molecule has 0 aliphatic heterocycles. The predicted octanol–water partition coefficient (Wildman–Crippen LogP) is 2.46. The van der Waals surface area contributed by atoms with E-state index in [-0.39, 0.29) is 5.75 Å². The van der Waals surface area contributed by atoms with Crippen LogP contribution in [0.4, 0.5) is 0 Å². The van der Waals surface area contributed by atoms with Gasteiger partial charge in [0.05, 0.1) is 0 Å². The molecule has 0 radical (unpaired) electrons. The van der Waals surface area contributed by atoms with Gasteiger partial charge in [0.25, 0.3) is 0 Å². The number of hydrogen-bond acceptors (Lipinski definition) is 3. The molecule has 14 heavy (non-hydrogen) atoms. The molecule has 1 aromatic carbocycles. The number of aromatic hydroxyl groups is 1. The summed E-state index contributed by atoms with van der Waals surface area (Å²) in [7, 11) is 0. The monoisotopic (exact) mass is 188 g/mol. The first kappa shape index (κ1) is 8.94. The number of phenolic OH excluding ortho intramolecular Hbond substituents is 1. The molecule has 72 valence electrons. The lowest BCUT2D eigenvalue weighted by atomic mass is 10.0. The van der Waals surface area contributed by atoms with E-state index in [1.54, 1.807) is 12.3 Å². The van der Waals surface area contributed by atoms with Crippen molar-refractivity contribution < 1.29 is 5.11 Å². The van der Waals surface area contributed by atoms with Gasteiger partial charge in [-0.2, -0.15) is 0 Å². The first-order valence-corrected chi connectivity index (χ1v) is 4.61. The summed E-state index contributed by atoms with van der Waals surface area (Å²) in [6.07, 6.45) is 3.16. The van der Waals surface area contributed by atoms with E-state index in [2.05, 4.69) is 23.8 Å². The zero-order valence-electron chi connectivity index (χ0n) is 8.23. The van der Waals surface area contributed by atoms with Crippen LogP contribution in [0, 0.1) is 0 Å². The molecular formula is C11H12N2O. The Balaban J connectivity index is 2.72. The largest absolute Gasteiger partial charge is 0.506 e. The number of fused-ring (bicyclic) bond motifs is 1. The molecule has 1 aromatic heterocycles. The van der Waals surface area contributed by atoms with E-state index in [0.717, 1.165) is 10.9 Å². The average Bonchev–Trinajstić information content (AvgIpc) is 2.17. The van der Waals surface area contributed by atoms with Crippen molar-refractivity contribution >= 4 is 10.9 Å². The number of phenols is 1. The van der Waals surface area contributed by atoms with Crippen LogP contribution in [0.2, 0.25) is 0 Å². The van der Waals surface area contributed by atoms with Crippen molar-refractivity contribution in [3.05, 3.63) is 30.2 Å². The molecule has 0 amide bonds. The Hall–Kier alpha value is -1.64. The predicted molar refractivity (Wildman–Crippen MR) is 55.3 cm³/mol. The molecule has 0 aliphatic carbocycles. The maximum atomic E-state index is 9.71. The van der Waals surface area contributed by atoms with Crippen molar-refractivity contribution in [2.24, 2.45) is 0 Å². The Bertz CT molecular complexity index is 466. The van der Waals surface area contributed by atoms with E-state index in [1.165, 1.54) is 6.33 Å². The summed E-state index contributed by atoms with van der Waals surface area (Å²) in [5.41, 5.74) is 1.72. The second-order valence-electron chi connectivity index (χ2n) is 3.66. The first-order valence-electron chi connectivity index (χ1n) is 4.61. The normalized spacial score (nSPS) is 11.1. The van der Waals surface area contributed by atoms with Crippen molar-refractivity contribution in [3.8, 4) is 5.75 Å². The molecule has 2 aromatic rings. The van der Waals surface area contributed by atoms with Gasteiger partial charge in [-0.15, -0.1) is 0 Å². The fourth-order valence-corrected chi connectivity index (χ4v) is 1.44. The van der Waals surface area contributed by atoms with Crippen molar-refractivity contribution in [1.82, 2.24) is 9.97 Å². The highest BCUT2D eigenvalue weighted by molar-refractivity contribution is 5.84. The molecule has 0 fully saturated rings. The second kappa shape index (κ2) is 3.25. The van der Waals surface area contributed by atoms with Gasteiger partial charge in [0.1, 0.15) is 17.6 Å². The Kier molecular flexibility index (Phi) is 2.08. The van der Waals surface area contributed by atoms with Gasteiger partial charge in [-0.25, -0.2) is 9.97 Å². The lowest BCUT2D eigenvalue weighted by Gasteiger charge is -2.07. The van der Waals surface area contributed by atoms with E-state index in [0.29, 0.717) is 11.4 Å². The highest BCUT2D eigenvalue weighted by atomic mass is 16.3. The molecule has 0 spiro atoms. The minimum absolute atomic E-state index is 0.230. The third-order valence-corrected chi connectivity index (χ3v) is 2.28. The Morgan fingerprint density at radius 1 is 1.29 bits per heavy atom. The van der Waals surface area contributed by atoms with Crippen LogP contribution in [-0.2, 0) is 0 Å². The minimum Gasteiger partial charge on any atom is -0.506 e. The number of rotatable bonds is 1. The summed E-state index contributed by atoms with van der Waals surface area (Å²) in [4.78, 5) is 7.95. The topological polar surface area (TPSA) is 46.0 Å². The summed E-state index contributed by atoms with van der Waals surface area (Å²) in [6.45, 7) is 4.18. The maximum absolute atomic E-state index is 9.71. The van der Waals surface area contributed by atoms with Crippen LogP contribution in [0.15, 0.2) is 24.7 Å². The average molecular weight is 188 g/mol. The van der Waals surface area contributed by atoms with E-state index >= 15 is 0 Å². The molecule has 3 nitrogen and oxygen atoms in total. The number of nitrogens with zero attached hydrogens (tertiary/aromatic N) is 2. The molecule has 0 unspecified atom stereocenters. The lowest BCUT2D eigenvalue weighted by Crippen LogP contribution is -1.89. The summed E-state index contributed by atoms with van der Waals surface area (Å²) in [5.74, 6) is 0.624. The van der Waals surface area contributed by atoms with Gasteiger partial charge in [-0.05, 0) is 23.6 Å². The number of hydrogen-bond donors (Lipinski definition) is 1. The van der Waals surface area contributed by atoms with Crippen LogP contribution in [0.25, 0.3) is 10.9 Å². The smallest absolute Gasteiger partial charge is 0.142 e. The molecule has 3 heteroatoms. The molecular weight excluding hydrogens is 176 g/mol. The van der Waals surface area contributed by atoms with Gasteiger partial charge < -0.3 is 5.11 Å². The fourth-order valence-electron chi connectivity index (χ4n) is 1.44. The van der Waals surface area contributed by atoms with Crippen LogP contribution in [0.1, 0.15) is 25.3 Å². The Labute approximate surface area is 82.4 Å². The summed E-state index contributed by atoms with van der Waals surface area (Å²) >= 11 is 0.